The number of aryl methyl sites for hydroxylation is 1. The van der Waals surface area contributed by atoms with Gasteiger partial charge < -0.3 is 9.52 Å². The maximum absolute atomic E-state index is 10.7. The first kappa shape index (κ1) is 10.7. The molecule has 1 aromatic carbocycles. The second-order valence-corrected chi connectivity index (χ2v) is 3.63. The summed E-state index contributed by atoms with van der Waals surface area (Å²) in [6, 6.07) is 7.04. The molecule has 0 atom stereocenters. The molecule has 2 aromatic rings. The van der Waals surface area contributed by atoms with E-state index >= 15 is 0 Å². The summed E-state index contributed by atoms with van der Waals surface area (Å²) in [5.41, 5.74) is 1.15. The number of halogens is 1. The van der Waals surface area contributed by atoms with E-state index in [1.54, 1.807) is 31.2 Å². The van der Waals surface area contributed by atoms with E-state index in [4.69, 9.17) is 21.1 Å². The van der Waals surface area contributed by atoms with Crippen molar-refractivity contribution in [3.63, 3.8) is 0 Å². The molecular formula is C11H8ClNO3. The normalized spacial score (nSPS) is 10.4. The van der Waals surface area contributed by atoms with Gasteiger partial charge in [0.05, 0.1) is 10.7 Å². The highest BCUT2D eigenvalue weighted by Gasteiger charge is 2.17. The van der Waals surface area contributed by atoms with Crippen LogP contribution in [0.5, 0.6) is 0 Å². The molecule has 82 valence electrons. The van der Waals surface area contributed by atoms with Crippen LogP contribution in [0.1, 0.15) is 16.4 Å². The molecule has 4 nitrogen and oxygen atoms in total. The lowest BCUT2D eigenvalue weighted by Crippen LogP contribution is -1.95. The number of carboxylic acid groups (broad SMARTS) is 1. The third-order valence-electron chi connectivity index (χ3n) is 2.10. The second kappa shape index (κ2) is 3.98. The third kappa shape index (κ3) is 1.79. The van der Waals surface area contributed by atoms with Crippen LogP contribution < -0.4 is 0 Å². The van der Waals surface area contributed by atoms with Crippen LogP contribution in [0.25, 0.3) is 11.3 Å². The van der Waals surface area contributed by atoms with Crippen molar-refractivity contribution in [1.29, 1.82) is 0 Å². The Kier molecular flexibility index (Phi) is 2.66. The second-order valence-electron chi connectivity index (χ2n) is 3.22. The van der Waals surface area contributed by atoms with Crippen LogP contribution in [-0.2, 0) is 0 Å². The molecule has 0 saturated carbocycles. The first-order valence-corrected chi connectivity index (χ1v) is 4.93. The summed E-state index contributed by atoms with van der Waals surface area (Å²) in [5.74, 6) is -1.13. The smallest absolute Gasteiger partial charge is 0.392 e. The van der Waals surface area contributed by atoms with E-state index in [0.717, 1.165) is 0 Å². The monoisotopic (exact) mass is 237 g/mol. The van der Waals surface area contributed by atoms with Crippen molar-refractivity contribution in [3.05, 3.63) is 40.9 Å². The number of aromatic nitrogens is 1. The molecule has 5 heteroatoms. The average Bonchev–Trinajstić information content (AvgIpc) is 2.61. The van der Waals surface area contributed by atoms with Crippen molar-refractivity contribution >= 4 is 17.6 Å². The predicted molar refractivity (Wildman–Crippen MR) is 58.6 cm³/mol. The Bertz CT molecular complexity index is 548. The Hall–Kier alpha value is -1.81. The third-order valence-corrected chi connectivity index (χ3v) is 2.43. The molecule has 0 amide bonds. The summed E-state index contributed by atoms with van der Waals surface area (Å²) >= 11 is 5.98. The van der Waals surface area contributed by atoms with Crippen molar-refractivity contribution in [1.82, 2.24) is 4.98 Å². The van der Waals surface area contributed by atoms with E-state index in [1.807, 2.05) is 0 Å². The highest BCUT2D eigenvalue weighted by atomic mass is 35.5. The van der Waals surface area contributed by atoms with Gasteiger partial charge in [0.1, 0.15) is 0 Å². The van der Waals surface area contributed by atoms with Crippen LogP contribution in [-0.4, -0.2) is 16.1 Å². The zero-order valence-electron chi connectivity index (χ0n) is 8.40. The molecule has 1 aromatic heterocycles. The molecule has 0 aliphatic heterocycles. The zero-order valence-corrected chi connectivity index (χ0v) is 9.15. The Balaban J connectivity index is 2.57. The fourth-order valence-corrected chi connectivity index (χ4v) is 1.60. The van der Waals surface area contributed by atoms with Crippen LogP contribution in [0.15, 0.2) is 28.7 Å². The molecule has 0 saturated heterocycles. The van der Waals surface area contributed by atoms with Crippen molar-refractivity contribution in [3.8, 4) is 11.3 Å². The Morgan fingerprint density at radius 2 is 2.12 bits per heavy atom. The van der Waals surface area contributed by atoms with Gasteiger partial charge in [-0.05, 0) is 19.1 Å². The fourth-order valence-electron chi connectivity index (χ4n) is 1.38. The number of benzene rings is 1. The first-order chi connectivity index (χ1) is 7.59. The number of carbonyl (C=O) groups is 1. The van der Waals surface area contributed by atoms with Gasteiger partial charge in [0.2, 0.25) is 0 Å². The lowest BCUT2D eigenvalue weighted by molar-refractivity contribution is 0.0654. The molecule has 0 aliphatic carbocycles. The van der Waals surface area contributed by atoms with E-state index in [0.29, 0.717) is 22.0 Å². The number of hydrogen-bond donors (Lipinski definition) is 1. The topological polar surface area (TPSA) is 63.3 Å². The zero-order chi connectivity index (χ0) is 11.7. The number of rotatable bonds is 2. The van der Waals surface area contributed by atoms with Crippen LogP contribution in [0.3, 0.4) is 0 Å². The molecule has 2 rings (SSSR count). The Morgan fingerprint density at radius 1 is 1.44 bits per heavy atom. The minimum Gasteiger partial charge on any atom is -0.474 e. The van der Waals surface area contributed by atoms with E-state index in [9.17, 15) is 4.79 Å². The van der Waals surface area contributed by atoms with Gasteiger partial charge in [0.25, 0.3) is 0 Å². The largest absolute Gasteiger partial charge is 0.474 e. The Labute approximate surface area is 96.5 Å². The highest BCUT2D eigenvalue weighted by Crippen LogP contribution is 2.30. The lowest BCUT2D eigenvalue weighted by Gasteiger charge is -1.99. The summed E-state index contributed by atoms with van der Waals surface area (Å²) in [6.45, 7) is 1.68. The van der Waals surface area contributed by atoms with E-state index in [-0.39, 0.29) is 5.89 Å². The maximum Gasteiger partial charge on any atom is 0.392 e. The van der Waals surface area contributed by atoms with Crippen molar-refractivity contribution in [2.75, 3.05) is 0 Å². The summed E-state index contributed by atoms with van der Waals surface area (Å²) in [4.78, 5) is 14.5. The lowest BCUT2D eigenvalue weighted by atomic mass is 10.1. The molecule has 0 radical (unpaired) electrons. The van der Waals surface area contributed by atoms with Crippen LogP contribution in [0.2, 0.25) is 5.02 Å². The molecule has 0 unspecified atom stereocenters. The van der Waals surface area contributed by atoms with E-state index < -0.39 is 5.97 Å². The standard InChI is InChI=1S/C11H8ClNO3/c1-6-9(16-10(13-6)11(14)15)7-4-2-3-5-8(7)12/h2-5H,1H3,(H,14,15). The number of oxazole rings is 1. The molecule has 0 fully saturated rings. The van der Waals surface area contributed by atoms with Gasteiger partial charge >= 0.3 is 11.9 Å². The van der Waals surface area contributed by atoms with Gasteiger partial charge in [-0.2, -0.15) is 0 Å². The Morgan fingerprint density at radius 3 is 2.69 bits per heavy atom. The summed E-state index contributed by atoms with van der Waals surface area (Å²) < 4.78 is 5.15. The van der Waals surface area contributed by atoms with Gasteiger partial charge in [0.15, 0.2) is 5.76 Å². The number of hydrogen-bond acceptors (Lipinski definition) is 3. The van der Waals surface area contributed by atoms with Gasteiger partial charge in [-0.3, -0.25) is 0 Å². The van der Waals surface area contributed by atoms with Crippen LogP contribution in [0, 0.1) is 6.92 Å². The molecular weight excluding hydrogens is 230 g/mol. The van der Waals surface area contributed by atoms with Crippen molar-refractivity contribution in [2.24, 2.45) is 0 Å². The summed E-state index contributed by atoms with van der Waals surface area (Å²) in [5, 5.41) is 9.25. The molecule has 0 aliphatic rings. The van der Waals surface area contributed by atoms with E-state index in [1.165, 1.54) is 0 Å². The van der Waals surface area contributed by atoms with Crippen molar-refractivity contribution < 1.29 is 14.3 Å². The number of aromatic carboxylic acids is 1. The fraction of sp³-hybridized carbons (Fsp3) is 0.0909. The van der Waals surface area contributed by atoms with Crippen molar-refractivity contribution in [2.45, 2.75) is 6.92 Å². The minimum absolute atomic E-state index is 0.326. The summed E-state index contributed by atoms with van der Waals surface area (Å²) in [6.07, 6.45) is 0. The molecule has 0 bridgehead atoms. The van der Waals surface area contributed by atoms with Gasteiger partial charge in [-0.1, -0.05) is 23.7 Å². The molecule has 1 N–H and O–H groups in total. The quantitative estimate of drug-likeness (QED) is 0.872. The summed E-state index contributed by atoms with van der Waals surface area (Å²) in [7, 11) is 0. The highest BCUT2D eigenvalue weighted by molar-refractivity contribution is 6.33. The number of nitrogens with zero attached hydrogens (tertiary/aromatic N) is 1. The van der Waals surface area contributed by atoms with E-state index in [2.05, 4.69) is 4.98 Å². The molecule has 16 heavy (non-hydrogen) atoms. The first-order valence-electron chi connectivity index (χ1n) is 4.55. The minimum atomic E-state index is -1.19. The van der Waals surface area contributed by atoms with Crippen LogP contribution in [0.4, 0.5) is 0 Å². The van der Waals surface area contributed by atoms with Gasteiger partial charge in [0, 0.05) is 5.56 Å². The SMILES string of the molecule is Cc1nc(C(=O)O)oc1-c1ccccc1Cl. The van der Waals surface area contributed by atoms with Gasteiger partial charge in [-0.15, -0.1) is 0 Å². The average molecular weight is 238 g/mol. The molecule has 0 spiro atoms. The van der Waals surface area contributed by atoms with Crippen LogP contribution >= 0.6 is 11.6 Å². The predicted octanol–water partition coefficient (Wildman–Crippen LogP) is 3.00. The number of carboxylic acids is 1. The van der Waals surface area contributed by atoms with Gasteiger partial charge in [-0.25, -0.2) is 9.78 Å². The molecule has 1 heterocycles. The maximum atomic E-state index is 10.7.